The molecule has 0 aromatic heterocycles. The van der Waals surface area contributed by atoms with E-state index >= 15 is 0 Å². The summed E-state index contributed by atoms with van der Waals surface area (Å²) in [5.74, 6) is 0.185. The molecule has 0 saturated carbocycles. The molecule has 6 heteroatoms. The minimum absolute atomic E-state index is 0.185. The van der Waals surface area contributed by atoms with Crippen molar-refractivity contribution >= 4 is 23.7 Å². The van der Waals surface area contributed by atoms with Crippen LogP contribution in [0.3, 0.4) is 0 Å². The van der Waals surface area contributed by atoms with Crippen molar-refractivity contribution in [3.8, 4) is 0 Å². The number of piperidine rings is 1. The van der Waals surface area contributed by atoms with Crippen molar-refractivity contribution < 1.29 is 14.3 Å². The monoisotopic (exact) mass is 371 g/mol. The van der Waals surface area contributed by atoms with E-state index in [9.17, 15) is 9.59 Å². The third kappa shape index (κ3) is 5.10. The number of morpholine rings is 1. The van der Waals surface area contributed by atoms with Crippen LogP contribution in [-0.4, -0.2) is 56.6 Å². The first kappa shape index (κ1) is 19.4. The van der Waals surface area contributed by atoms with Gasteiger partial charge in [-0.05, 0) is 50.5 Å². The molecule has 2 aliphatic heterocycles. The minimum atomic E-state index is 0.185. The van der Waals surface area contributed by atoms with Gasteiger partial charge in [-0.25, -0.2) is 0 Å². The molecule has 2 heterocycles. The topological polar surface area (TPSA) is 53.1 Å². The predicted molar refractivity (Wildman–Crippen MR) is 107 cm³/mol. The number of carbonyl (C=O) groups excluding carboxylic acids is 2. The zero-order valence-electron chi connectivity index (χ0n) is 16.1. The number of ether oxygens (including phenoxy) is 1. The molecule has 1 aromatic carbocycles. The fraction of sp³-hybridized carbons (Fsp3) is 0.524. The van der Waals surface area contributed by atoms with Gasteiger partial charge in [0.25, 0.3) is 0 Å². The molecule has 2 saturated heterocycles. The summed E-state index contributed by atoms with van der Waals surface area (Å²) < 4.78 is 5.38. The van der Waals surface area contributed by atoms with E-state index in [1.807, 2.05) is 29.2 Å². The number of hydrogen-bond acceptors (Lipinski definition) is 4. The molecule has 1 aromatic rings. The summed E-state index contributed by atoms with van der Waals surface area (Å²) in [5.41, 5.74) is 3.01. The first-order valence-electron chi connectivity index (χ1n) is 9.81. The summed E-state index contributed by atoms with van der Waals surface area (Å²) in [4.78, 5) is 29.5. The van der Waals surface area contributed by atoms with E-state index in [2.05, 4.69) is 17.9 Å². The molecule has 0 radical (unpaired) electrons. The molecule has 6 nitrogen and oxygen atoms in total. The molecule has 27 heavy (non-hydrogen) atoms. The fourth-order valence-electron chi connectivity index (χ4n) is 3.60. The molecular weight excluding hydrogens is 342 g/mol. The lowest BCUT2D eigenvalue weighted by Gasteiger charge is -2.29. The predicted octanol–water partition coefficient (Wildman–Crippen LogP) is 2.79. The smallest absolute Gasteiger partial charge is 0.226 e. The van der Waals surface area contributed by atoms with Crippen molar-refractivity contribution in [1.29, 1.82) is 0 Å². The van der Waals surface area contributed by atoms with E-state index in [4.69, 9.17) is 4.74 Å². The van der Waals surface area contributed by atoms with Crippen molar-refractivity contribution in [2.75, 3.05) is 49.2 Å². The van der Waals surface area contributed by atoms with Crippen LogP contribution >= 0.6 is 0 Å². The fourth-order valence-corrected chi connectivity index (χ4v) is 3.60. The van der Waals surface area contributed by atoms with Crippen LogP contribution in [-0.2, 0) is 14.3 Å². The number of allylic oxidation sites excluding steroid dienone is 1. The summed E-state index contributed by atoms with van der Waals surface area (Å²) in [6.07, 6.45) is 6.50. The lowest BCUT2D eigenvalue weighted by molar-refractivity contribution is -0.119. The van der Waals surface area contributed by atoms with Gasteiger partial charge in [0.2, 0.25) is 12.3 Å². The second-order valence-electron chi connectivity index (χ2n) is 7.05. The highest BCUT2D eigenvalue weighted by Crippen LogP contribution is 2.24. The molecule has 146 valence electrons. The highest BCUT2D eigenvalue weighted by atomic mass is 16.5. The molecule has 0 spiro atoms. The number of nitrogens with zero attached hydrogens (tertiary/aromatic N) is 3. The molecule has 3 rings (SSSR count). The van der Waals surface area contributed by atoms with Gasteiger partial charge in [-0.3, -0.25) is 9.59 Å². The molecule has 0 aliphatic carbocycles. The minimum Gasteiger partial charge on any atom is -0.378 e. The molecule has 0 atom stereocenters. The van der Waals surface area contributed by atoms with E-state index < -0.39 is 0 Å². The van der Waals surface area contributed by atoms with Crippen LogP contribution in [0.1, 0.15) is 32.6 Å². The van der Waals surface area contributed by atoms with Crippen molar-refractivity contribution in [1.82, 2.24) is 4.90 Å². The molecule has 2 amide bonds. The van der Waals surface area contributed by atoms with Crippen LogP contribution in [0.2, 0.25) is 0 Å². The van der Waals surface area contributed by atoms with Crippen LogP contribution in [0.4, 0.5) is 11.4 Å². The Hall–Kier alpha value is -2.34. The van der Waals surface area contributed by atoms with Crippen molar-refractivity contribution in [3.63, 3.8) is 0 Å². The number of anilines is 2. The van der Waals surface area contributed by atoms with Crippen molar-refractivity contribution in [2.45, 2.75) is 32.6 Å². The van der Waals surface area contributed by atoms with Gasteiger partial charge in [-0.2, -0.15) is 0 Å². The maximum Gasteiger partial charge on any atom is 0.226 e. The third-order valence-electron chi connectivity index (χ3n) is 5.26. The van der Waals surface area contributed by atoms with E-state index in [1.54, 1.807) is 4.90 Å². The molecular formula is C21H29N3O3. The Bertz CT molecular complexity index is 666. The lowest BCUT2D eigenvalue weighted by Crippen LogP contribution is -2.35. The van der Waals surface area contributed by atoms with Gasteiger partial charge < -0.3 is 19.4 Å². The number of amides is 2. The molecule has 0 unspecified atom stereocenters. The molecule has 2 fully saturated rings. The van der Waals surface area contributed by atoms with Gasteiger partial charge in [0.1, 0.15) is 0 Å². The van der Waals surface area contributed by atoms with Crippen LogP contribution in [0.5, 0.6) is 0 Å². The van der Waals surface area contributed by atoms with Gasteiger partial charge >= 0.3 is 0 Å². The summed E-state index contributed by atoms with van der Waals surface area (Å²) in [6, 6.07) is 7.71. The highest BCUT2D eigenvalue weighted by molar-refractivity contribution is 5.94. The number of hydrogen-bond donors (Lipinski definition) is 0. The maximum absolute atomic E-state index is 12.0. The summed E-state index contributed by atoms with van der Waals surface area (Å²) >= 11 is 0. The van der Waals surface area contributed by atoms with Gasteiger partial charge in [-0.15, -0.1) is 0 Å². The summed E-state index contributed by atoms with van der Waals surface area (Å²) in [7, 11) is 0. The first-order chi connectivity index (χ1) is 13.2. The quantitative estimate of drug-likeness (QED) is 0.692. The zero-order valence-corrected chi connectivity index (χ0v) is 16.1. The van der Waals surface area contributed by atoms with Gasteiger partial charge in [0, 0.05) is 49.7 Å². The Morgan fingerprint density at radius 1 is 1.15 bits per heavy atom. The van der Waals surface area contributed by atoms with Gasteiger partial charge in [0.15, 0.2) is 0 Å². The maximum atomic E-state index is 12.0. The first-order valence-corrected chi connectivity index (χ1v) is 9.81. The average Bonchev–Trinajstić information content (AvgIpc) is 2.72. The Balaban J connectivity index is 1.56. The Morgan fingerprint density at radius 3 is 2.56 bits per heavy atom. The van der Waals surface area contributed by atoms with Gasteiger partial charge in [0.05, 0.1) is 13.2 Å². The highest BCUT2D eigenvalue weighted by Gasteiger charge is 2.19. The Morgan fingerprint density at radius 2 is 1.89 bits per heavy atom. The number of rotatable bonds is 7. The molecule has 0 N–H and O–H groups in total. The number of carbonyl (C=O) groups is 2. The Labute approximate surface area is 161 Å². The van der Waals surface area contributed by atoms with Crippen LogP contribution in [0.15, 0.2) is 36.0 Å². The largest absolute Gasteiger partial charge is 0.378 e. The van der Waals surface area contributed by atoms with Crippen molar-refractivity contribution in [3.05, 3.63) is 36.0 Å². The second kappa shape index (κ2) is 9.55. The Kier molecular flexibility index (Phi) is 6.87. The zero-order chi connectivity index (χ0) is 19.1. The van der Waals surface area contributed by atoms with Crippen LogP contribution in [0.25, 0.3) is 0 Å². The van der Waals surface area contributed by atoms with Crippen LogP contribution in [0, 0.1) is 0 Å². The standard InChI is InChI=1S/C21H29N3O3/c1-18(22-13-15-27-16-14-22)5-4-11-23(17-25)19-7-9-20(10-8-19)24-12-3-2-6-21(24)26/h5,7-10,17H,2-4,6,11-16H2,1H3/b18-5+. The van der Waals surface area contributed by atoms with E-state index in [0.717, 1.165) is 69.9 Å². The third-order valence-corrected chi connectivity index (χ3v) is 5.26. The van der Waals surface area contributed by atoms with E-state index in [-0.39, 0.29) is 5.91 Å². The second-order valence-corrected chi connectivity index (χ2v) is 7.05. The van der Waals surface area contributed by atoms with Gasteiger partial charge in [-0.1, -0.05) is 6.08 Å². The molecule has 0 bridgehead atoms. The van der Waals surface area contributed by atoms with Crippen LogP contribution < -0.4 is 9.80 Å². The SMILES string of the molecule is C/C(=C\CCN(C=O)c1ccc(N2CCCCC2=O)cc1)N1CCOCC1. The van der Waals surface area contributed by atoms with E-state index in [1.165, 1.54) is 5.70 Å². The summed E-state index contributed by atoms with van der Waals surface area (Å²) in [5, 5.41) is 0. The van der Waals surface area contributed by atoms with Crippen molar-refractivity contribution in [2.24, 2.45) is 0 Å². The summed E-state index contributed by atoms with van der Waals surface area (Å²) in [6.45, 7) is 6.93. The van der Waals surface area contributed by atoms with E-state index in [0.29, 0.717) is 13.0 Å². The molecule has 2 aliphatic rings. The normalized spacial score (nSPS) is 18.6. The lowest BCUT2D eigenvalue weighted by atomic mass is 10.1. The average molecular weight is 371 g/mol. The number of benzene rings is 1.